The zero-order valence-corrected chi connectivity index (χ0v) is 9.37. The molecule has 0 radical (unpaired) electrons. The molecule has 0 aliphatic heterocycles. The van der Waals surface area contributed by atoms with Gasteiger partial charge in [-0.1, -0.05) is 11.6 Å². The third-order valence-corrected chi connectivity index (χ3v) is 2.41. The van der Waals surface area contributed by atoms with Crippen LogP contribution < -0.4 is 5.32 Å². The predicted molar refractivity (Wildman–Crippen MR) is 63.6 cm³/mol. The van der Waals surface area contributed by atoms with Crippen LogP contribution in [0.5, 0.6) is 0 Å². The summed E-state index contributed by atoms with van der Waals surface area (Å²) in [7, 11) is 0. The van der Waals surface area contributed by atoms with E-state index in [1.807, 2.05) is 6.07 Å². The van der Waals surface area contributed by atoms with Crippen molar-refractivity contribution in [3.63, 3.8) is 0 Å². The highest BCUT2D eigenvalue weighted by Gasteiger charge is 2.03. The summed E-state index contributed by atoms with van der Waals surface area (Å²) in [6, 6.07) is 9.18. The Kier molecular flexibility index (Phi) is 3.22. The number of pyridine rings is 1. The normalized spacial score (nSPS) is 9.71. The summed E-state index contributed by atoms with van der Waals surface area (Å²) < 4.78 is 13.0. The van der Waals surface area contributed by atoms with Gasteiger partial charge >= 0.3 is 0 Å². The van der Waals surface area contributed by atoms with Gasteiger partial charge in [0.1, 0.15) is 17.6 Å². The number of aromatic nitrogens is 1. The van der Waals surface area contributed by atoms with E-state index in [9.17, 15) is 4.39 Å². The first-order valence-corrected chi connectivity index (χ1v) is 5.15. The zero-order valence-electron chi connectivity index (χ0n) is 8.61. The quantitative estimate of drug-likeness (QED) is 0.884. The van der Waals surface area contributed by atoms with Gasteiger partial charge in [0.05, 0.1) is 10.7 Å². The van der Waals surface area contributed by atoms with Gasteiger partial charge in [-0.2, -0.15) is 5.26 Å². The van der Waals surface area contributed by atoms with E-state index in [-0.39, 0.29) is 11.5 Å². The van der Waals surface area contributed by atoms with E-state index in [1.165, 1.54) is 24.4 Å². The van der Waals surface area contributed by atoms with Crippen LogP contribution >= 0.6 is 11.6 Å². The van der Waals surface area contributed by atoms with E-state index < -0.39 is 0 Å². The van der Waals surface area contributed by atoms with Crippen LogP contribution in [0.15, 0.2) is 36.5 Å². The Hall–Kier alpha value is -2.12. The standard InChI is InChI=1S/C12H7ClFN3/c13-11-2-1-8(14)5-12(11)17-9-3-4-16-10(6-9)7-15/h1-6H,(H,16,17). The highest BCUT2D eigenvalue weighted by atomic mass is 35.5. The maximum absolute atomic E-state index is 13.0. The molecule has 2 rings (SSSR count). The first-order chi connectivity index (χ1) is 8.19. The number of hydrogen-bond donors (Lipinski definition) is 1. The fourth-order valence-electron chi connectivity index (χ4n) is 1.32. The number of nitriles is 1. The summed E-state index contributed by atoms with van der Waals surface area (Å²) in [4.78, 5) is 3.83. The summed E-state index contributed by atoms with van der Waals surface area (Å²) in [5.74, 6) is -0.383. The molecular formula is C12H7ClFN3. The van der Waals surface area contributed by atoms with E-state index in [1.54, 1.807) is 12.1 Å². The van der Waals surface area contributed by atoms with Crippen LogP contribution in [0, 0.1) is 17.1 Å². The molecule has 0 unspecified atom stereocenters. The van der Waals surface area contributed by atoms with Gasteiger partial charge in [-0.3, -0.25) is 0 Å². The Bertz CT molecular complexity index is 593. The highest BCUT2D eigenvalue weighted by molar-refractivity contribution is 6.33. The van der Waals surface area contributed by atoms with Gasteiger partial charge in [0, 0.05) is 11.9 Å². The fraction of sp³-hybridized carbons (Fsp3) is 0. The molecule has 0 saturated carbocycles. The van der Waals surface area contributed by atoms with Crippen LogP contribution in [0.3, 0.4) is 0 Å². The Labute approximate surface area is 102 Å². The lowest BCUT2D eigenvalue weighted by Gasteiger charge is -2.08. The molecule has 1 aromatic heterocycles. The average Bonchev–Trinajstić information content (AvgIpc) is 2.34. The van der Waals surface area contributed by atoms with Gasteiger partial charge in [0.25, 0.3) is 0 Å². The largest absolute Gasteiger partial charge is 0.354 e. The minimum absolute atomic E-state index is 0.280. The first kappa shape index (κ1) is 11.4. The second-order valence-corrected chi connectivity index (χ2v) is 3.70. The fourth-order valence-corrected chi connectivity index (χ4v) is 1.48. The van der Waals surface area contributed by atoms with Crippen LogP contribution in [-0.2, 0) is 0 Å². The van der Waals surface area contributed by atoms with E-state index in [2.05, 4.69) is 10.3 Å². The topological polar surface area (TPSA) is 48.7 Å². The van der Waals surface area contributed by atoms with Crippen molar-refractivity contribution in [2.45, 2.75) is 0 Å². The van der Waals surface area contributed by atoms with Gasteiger partial charge < -0.3 is 5.32 Å². The number of nitrogens with one attached hydrogen (secondary N) is 1. The monoisotopic (exact) mass is 247 g/mol. The summed E-state index contributed by atoms with van der Waals surface area (Å²) in [6.07, 6.45) is 1.49. The number of rotatable bonds is 2. The van der Waals surface area contributed by atoms with E-state index in [0.717, 1.165) is 0 Å². The van der Waals surface area contributed by atoms with Gasteiger partial charge in [0.15, 0.2) is 0 Å². The van der Waals surface area contributed by atoms with Crippen molar-refractivity contribution >= 4 is 23.0 Å². The molecule has 1 aromatic carbocycles. The minimum atomic E-state index is -0.383. The molecule has 0 amide bonds. The number of anilines is 2. The predicted octanol–water partition coefficient (Wildman–Crippen LogP) is 3.49. The van der Waals surface area contributed by atoms with Crippen LogP contribution in [0.2, 0.25) is 5.02 Å². The number of hydrogen-bond acceptors (Lipinski definition) is 3. The highest BCUT2D eigenvalue weighted by Crippen LogP contribution is 2.26. The maximum atomic E-state index is 13.0. The van der Waals surface area contributed by atoms with Crippen molar-refractivity contribution in [2.24, 2.45) is 0 Å². The van der Waals surface area contributed by atoms with Crippen LogP contribution in [0.1, 0.15) is 5.69 Å². The first-order valence-electron chi connectivity index (χ1n) is 4.77. The molecule has 5 heteroatoms. The van der Waals surface area contributed by atoms with Crippen LogP contribution in [0.25, 0.3) is 0 Å². The molecule has 0 aliphatic carbocycles. The molecule has 1 N–H and O–H groups in total. The van der Waals surface area contributed by atoms with Crippen molar-refractivity contribution in [1.82, 2.24) is 4.98 Å². The summed E-state index contributed by atoms with van der Waals surface area (Å²) in [5.41, 5.74) is 1.35. The molecular weight excluding hydrogens is 241 g/mol. The van der Waals surface area contributed by atoms with Gasteiger partial charge in [-0.25, -0.2) is 9.37 Å². The van der Waals surface area contributed by atoms with E-state index in [4.69, 9.17) is 16.9 Å². The second-order valence-electron chi connectivity index (χ2n) is 3.29. The van der Waals surface area contributed by atoms with E-state index in [0.29, 0.717) is 16.4 Å². The van der Waals surface area contributed by atoms with Gasteiger partial charge in [-0.15, -0.1) is 0 Å². The molecule has 0 saturated heterocycles. The lowest BCUT2D eigenvalue weighted by molar-refractivity contribution is 0.628. The number of halogens is 2. The number of nitrogens with zero attached hydrogens (tertiary/aromatic N) is 2. The average molecular weight is 248 g/mol. The Balaban J connectivity index is 2.31. The Morgan fingerprint density at radius 3 is 2.88 bits per heavy atom. The molecule has 1 heterocycles. The van der Waals surface area contributed by atoms with Gasteiger partial charge in [-0.05, 0) is 30.3 Å². The molecule has 0 fully saturated rings. The van der Waals surface area contributed by atoms with Crippen molar-refractivity contribution in [1.29, 1.82) is 5.26 Å². The molecule has 0 atom stereocenters. The van der Waals surface area contributed by atoms with Crippen molar-refractivity contribution in [3.8, 4) is 6.07 Å². The molecule has 0 bridgehead atoms. The molecule has 3 nitrogen and oxygen atoms in total. The van der Waals surface area contributed by atoms with Crippen molar-refractivity contribution in [3.05, 3.63) is 53.1 Å². The summed E-state index contributed by atoms with van der Waals surface area (Å²) >= 11 is 5.91. The Morgan fingerprint density at radius 2 is 2.12 bits per heavy atom. The molecule has 2 aromatic rings. The van der Waals surface area contributed by atoms with Crippen LogP contribution in [-0.4, -0.2) is 4.98 Å². The molecule has 84 valence electrons. The van der Waals surface area contributed by atoms with Crippen LogP contribution in [0.4, 0.5) is 15.8 Å². The second kappa shape index (κ2) is 4.81. The lowest BCUT2D eigenvalue weighted by Crippen LogP contribution is -1.93. The number of benzene rings is 1. The lowest BCUT2D eigenvalue weighted by atomic mass is 10.2. The van der Waals surface area contributed by atoms with E-state index >= 15 is 0 Å². The summed E-state index contributed by atoms with van der Waals surface area (Å²) in [6.45, 7) is 0. The molecule has 0 aliphatic rings. The molecule has 0 spiro atoms. The van der Waals surface area contributed by atoms with Crippen molar-refractivity contribution in [2.75, 3.05) is 5.32 Å². The SMILES string of the molecule is N#Cc1cc(Nc2cc(F)ccc2Cl)ccn1. The Morgan fingerprint density at radius 1 is 1.29 bits per heavy atom. The smallest absolute Gasteiger partial charge is 0.142 e. The third kappa shape index (κ3) is 2.71. The third-order valence-electron chi connectivity index (χ3n) is 2.08. The van der Waals surface area contributed by atoms with Gasteiger partial charge in [0.2, 0.25) is 0 Å². The zero-order chi connectivity index (χ0) is 12.3. The summed E-state index contributed by atoms with van der Waals surface area (Å²) in [5, 5.41) is 12.0. The maximum Gasteiger partial charge on any atom is 0.142 e. The minimum Gasteiger partial charge on any atom is -0.354 e. The molecule has 17 heavy (non-hydrogen) atoms. The van der Waals surface area contributed by atoms with Crippen molar-refractivity contribution < 1.29 is 4.39 Å².